The summed E-state index contributed by atoms with van der Waals surface area (Å²) >= 11 is 0. The largest absolute Gasteiger partial charge is 0.378 e. The molecule has 1 saturated carbocycles. The number of amides is 2. The number of hydrogen-bond donors (Lipinski definition) is 1. The first kappa shape index (κ1) is 19.9. The second-order valence-corrected chi connectivity index (χ2v) is 9.57. The molecule has 2 atom stereocenters. The molecule has 3 rings (SSSR count). The van der Waals surface area contributed by atoms with E-state index in [1.54, 1.807) is 41.9 Å². The lowest BCUT2D eigenvalue weighted by molar-refractivity contribution is -0.141. The van der Waals surface area contributed by atoms with Crippen molar-refractivity contribution in [3.8, 4) is 0 Å². The fourth-order valence-electron chi connectivity index (χ4n) is 3.84. The second kappa shape index (κ2) is 7.63. The molecule has 2 aliphatic rings. The Hall–Kier alpha value is -1.87. The Balaban J connectivity index is 1.67. The molecule has 8 nitrogen and oxygen atoms in total. The molecule has 9 heteroatoms. The third-order valence-electron chi connectivity index (χ3n) is 5.53. The molecule has 2 heterocycles. The van der Waals surface area contributed by atoms with E-state index < -0.39 is 21.8 Å². The summed E-state index contributed by atoms with van der Waals surface area (Å²) in [6.07, 6.45) is 3.42. The van der Waals surface area contributed by atoms with Crippen LogP contribution in [0.3, 0.4) is 0 Å². The highest BCUT2D eigenvalue weighted by Gasteiger charge is 2.46. The summed E-state index contributed by atoms with van der Waals surface area (Å²) in [6.45, 7) is 2.58. The van der Waals surface area contributed by atoms with E-state index in [1.807, 2.05) is 6.92 Å². The number of nitrogens with zero attached hydrogens (tertiary/aromatic N) is 2. The molecule has 1 saturated heterocycles. The van der Waals surface area contributed by atoms with Gasteiger partial charge in [0, 0.05) is 32.9 Å². The van der Waals surface area contributed by atoms with Crippen LogP contribution in [0.4, 0.5) is 0 Å². The minimum atomic E-state index is -3.38. The van der Waals surface area contributed by atoms with Gasteiger partial charge in [0.05, 0.1) is 29.6 Å². The molecule has 0 unspecified atom stereocenters. The number of nitrogens with one attached hydrogen (secondary N) is 1. The predicted octanol–water partition coefficient (Wildman–Crippen LogP) is 0.194. The zero-order valence-corrected chi connectivity index (χ0v) is 16.7. The van der Waals surface area contributed by atoms with Crippen LogP contribution in [0.15, 0.2) is 18.3 Å². The molecule has 1 aromatic heterocycles. The van der Waals surface area contributed by atoms with Gasteiger partial charge in [-0.3, -0.25) is 9.59 Å². The fraction of sp³-hybridized carbons (Fsp3) is 0.667. The molecule has 2 fully saturated rings. The van der Waals surface area contributed by atoms with Gasteiger partial charge >= 0.3 is 0 Å². The molecular weight excluding hydrogens is 370 g/mol. The summed E-state index contributed by atoms with van der Waals surface area (Å²) in [6, 6.07) is 2.74. The summed E-state index contributed by atoms with van der Waals surface area (Å²) in [5.41, 5.74) is 0.428. The lowest BCUT2D eigenvalue weighted by atomic mass is 9.87. The van der Waals surface area contributed by atoms with Crippen LogP contribution < -0.4 is 5.32 Å². The molecule has 2 amide bonds. The van der Waals surface area contributed by atoms with Crippen molar-refractivity contribution in [3.63, 3.8) is 0 Å². The van der Waals surface area contributed by atoms with Crippen molar-refractivity contribution in [1.82, 2.24) is 14.8 Å². The molecule has 0 bridgehead atoms. The molecule has 1 N–H and O–H groups in total. The van der Waals surface area contributed by atoms with Crippen LogP contribution in [0.5, 0.6) is 0 Å². The van der Waals surface area contributed by atoms with Crippen molar-refractivity contribution in [1.29, 1.82) is 0 Å². The Bertz CT molecular complexity index is 813. The average Bonchev–Trinajstić information content (AvgIpc) is 3.11. The van der Waals surface area contributed by atoms with Gasteiger partial charge in [0.2, 0.25) is 5.91 Å². The number of ether oxygens (including phenoxy) is 1. The molecular formula is C18H27N3O5S. The Morgan fingerprint density at radius 3 is 2.63 bits per heavy atom. The molecule has 150 valence electrons. The number of carbonyl (C=O) groups is 2. The van der Waals surface area contributed by atoms with E-state index in [2.05, 4.69) is 5.32 Å². The Labute approximate surface area is 159 Å². The quantitative estimate of drug-likeness (QED) is 0.739. The zero-order valence-electron chi connectivity index (χ0n) is 15.9. The first-order chi connectivity index (χ1) is 12.7. The smallest absolute Gasteiger partial charge is 0.268 e. The van der Waals surface area contributed by atoms with Crippen LogP contribution in [0, 0.1) is 5.92 Å². The number of hydrogen-bond acceptors (Lipinski definition) is 5. The van der Waals surface area contributed by atoms with Crippen molar-refractivity contribution < 1.29 is 22.7 Å². The van der Waals surface area contributed by atoms with E-state index in [9.17, 15) is 18.0 Å². The predicted molar refractivity (Wildman–Crippen MR) is 100 cm³/mol. The Kier molecular flexibility index (Phi) is 5.62. The van der Waals surface area contributed by atoms with E-state index in [0.717, 1.165) is 12.8 Å². The normalized spacial score (nSPS) is 29.1. The molecule has 27 heavy (non-hydrogen) atoms. The minimum Gasteiger partial charge on any atom is -0.378 e. The topological polar surface area (TPSA) is 97.7 Å². The lowest BCUT2D eigenvalue weighted by Crippen LogP contribution is -2.53. The van der Waals surface area contributed by atoms with E-state index >= 15 is 0 Å². The first-order valence-corrected chi connectivity index (χ1v) is 11.0. The Morgan fingerprint density at radius 1 is 1.33 bits per heavy atom. The van der Waals surface area contributed by atoms with Crippen LogP contribution in [-0.4, -0.2) is 73.0 Å². The summed E-state index contributed by atoms with van der Waals surface area (Å²) in [4.78, 5) is 27.0. The maximum absolute atomic E-state index is 12.9. The van der Waals surface area contributed by atoms with Gasteiger partial charge in [-0.05, 0) is 31.9 Å². The SMILES string of the molecule is CCOC1CC(N(C)C(=O)[C@@H]2CS(=O)(=O)C[C@H]2NC(=O)c2cccn2C)C1. The van der Waals surface area contributed by atoms with E-state index in [1.165, 1.54) is 0 Å². The molecule has 0 spiro atoms. The number of rotatable bonds is 6. The average molecular weight is 397 g/mol. The Morgan fingerprint density at radius 2 is 2.04 bits per heavy atom. The van der Waals surface area contributed by atoms with E-state index in [-0.39, 0.29) is 35.5 Å². The van der Waals surface area contributed by atoms with Gasteiger partial charge < -0.3 is 19.5 Å². The van der Waals surface area contributed by atoms with Crippen LogP contribution in [0.25, 0.3) is 0 Å². The van der Waals surface area contributed by atoms with Crippen LogP contribution in [-0.2, 0) is 26.4 Å². The molecule has 0 aromatic carbocycles. The van der Waals surface area contributed by atoms with Crippen molar-refractivity contribution in [2.45, 2.75) is 38.0 Å². The second-order valence-electron chi connectivity index (χ2n) is 7.42. The summed E-state index contributed by atoms with van der Waals surface area (Å²) in [5, 5.41) is 2.76. The highest BCUT2D eigenvalue weighted by Crippen LogP contribution is 2.30. The van der Waals surface area contributed by atoms with Gasteiger partial charge in [-0.15, -0.1) is 0 Å². The fourth-order valence-corrected chi connectivity index (χ4v) is 5.76. The standard InChI is InChI=1S/C18H27N3O5S/c1-4-26-13-8-12(9-13)21(3)18(23)14-10-27(24,25)11-15(14)19-17(22)16-6-5-7-20(16)2/h5-7,12-15H,4,8-11H2,1-3H3,(H,19,22)/t12?,13?,14-,15-/m1/s1. The van der Waals surface area contributed by atoms with Gasteiger partial charge in [-0.1, -0.05) is 0 Å². The number of aryl methyl sites for hydroxylation is 1. The molecule has 1 aliphatic carbocycles. The van der Waals surface area contributed by atoms with Crippen LogP contribution in [0.1, 0.15) is 30.3 Å². The van der Waals surface area contributed by atoms with E-state index in [0.29, 0.717) is 12.3 Å². The van der Waals surface area contributed by atoms with Crippen LogP contribution in [0.2, 0.25) is 0 Å². The van der Waals surface area contributed by atoms with Gasteiger partial charge in [0.25, 0.3) is 5.91 Å². The molecule has 1 aromatic rings. The third kappa shape index (κ3) is 4.19. The van der Waals surface area contributed by atoms with E-state index in [4.69, 9.17) is 4.74 Å². The summed E-state index contributed by atoms with van der Waals surface area (Å²) in [7, 11) is 0.0675. The highest BCUT2D eigenvalue weighted by atomic mass is 32.2. The van der Waals surface area contributed by atoms with Gasteiger partial charge in [-0.2, -0.15) is 0 Å². The zero-order chi connectivity index (χ0) is 19.8. The van der Waals surface area contributed by atoms with Crippen molar-refractivity contribution in [2.75, 3.05) is 25.2 Å². The van der Waals surface area contributed by atoms with Gasteiger partial charge in [-0.25, -0.2) is 8.42 Å². The van der Waals surface area contributed by atoms with Crippen molar-refractivity contribution in [3.05, 3.63) is 24.0 Å². The molecule has 0 radical (unpaired) electrons. The first-order valence-electron chi connectivity index (χ1n) is 9.22. The third-order valence-corrected chi connectivity index (χ3v) is 7.26. The number of aromatic nitrogens is 1. The maximum atomic E-state index is 12.9. The minimum absolute atomic E-state index is 0.0570. The summed E-state index contributed by atoms with van der Waals surface area (Å²) < 4.78 is 31.5. The summed E-state index contributed by atoms with van der Waals surface area (Å²) in [5.74, 6) is -1.79. The number of sulfone groups is 1. The van der Waals surface area contributed by atoms with Crippen LogP contribution >= 0.6 is 0 Å². The van der Waals surface area contributed by atoms with Gasteiger partial charge in [0.1, 0.15) is 5.69 Å². The maximum Gasteiger partial charge on any atom is 0.268 e. The van der Waals surface area contributed by atoms with Gasteiger partial charge in [0.15, 0.2) is 9.84 Å². The molecule has 1 aliphatic heterocycles. The van der Waals surface area contributed by atoms with Crippen molar-refractivity contribution >= 4 is 21.7 Å². The monoisotopic (exact) mass is 397 g/mol. The number of carbonyl (C=O) groups excluding carboxylic acids is 2. The van der Waals surface area contributed by atoms with Crippen molar-refractivity contribution in [2.24, 2.45) is 13.0 Å². The highest BCUT2D eigenvalue weighted by molar-refractivity contribution is 7.91. The lowest BCUT2D eigenvalue weighted by Gasteiger charge is -2.42.